The molecule has 0 aliphatic heterocycles. The number of aromatic carboxylic acids is 1. The van der Waals surface area contributed by atoms with Crippen LogP contribution in [0.25, 0.3) is 0 Å². The SMILES string of the molecule is C[N+](C)(C)CCO.O=C(O)c1ccccc1. The molecule has 0 atom stereocenters. The van der Waals surface area contributed by atoms with Crippen LogP contribution in [-0.2, 0) is 0 Å². The number of quaternary nitrogens is 1. The Balaban J connectivity index is 0.000000293. The van der Waals surface area contributed by atoms with Crippen LogP contribution in [0.15, 0.2) is 30.3 Å². The van der Waals surface area contributed by atoms with E-state index in [-0.39, 0.29) is 6.61 Å². The fourth-order valence-electron chi connectivity index (χ4n) is 0.881. The van der Waals surface area contributed by atoms with Crippen molar-refractivity contribution in [3.05, 3.63) is 35.9 Å². The van der Waals surface area contributed by atoms with Crippen LogP contribution in [0.4, 0.5) is 0 Å². The molecule has 0 fully saturated rings. The highest BCUT2D eigenvalue weighted by molar-refractivity contribution is 5.87. The first-order valence-electron chi connectivity index (χ1n) is 5.06. The minimum Gasteiger partial charge on any atom is -0.478 e. The van der Waals surface area contributed by atoms with Crippen LogP contribution in [0.3, 0.4) is 0 Å². The number of hydrogen-bond acceptors (Lipinski definition) is 2. The maximum absolute atomic E-state index is 10.2. The first-order valence-corrected chi connectivity index (χ1v) is 5.06. The lowest BCUT2D eigenvalue weighted by molar-refractivity contribution is -0.870. The van der Waals surface area contributed by atoms with Crippen molar-refractivity contribution in [3.8, 4) is 0 Å². The third kappa shape index (κ3) is 7.96. The zero-order chi connectivity index (χ0) is 12.6. The number of benzene rings is 1. The Hall–Kier alpha value is -1.39. The number of aliphatic hydroxyl groups is 1. The molecular formula is C12H20NO3+. The lowest BCUT2D eigenvalue weighted by Gasteiger charge is -2.21. The summed E-state index contributed by atoms with van der Waals surface area (Å²) in [6.07, 6.45) is 0. The van der Waals surface area contributed by atoms with E-state index in [2.05, 4.69) is 21.1 Å². The number of aliphatic hydroxyl groups excluding tert-OH is 1. The van der Waals surface area contributed by atoms with E-state index >= 15 is 0 Å². The van der Waals surface area contributed by atoms with Gasteiger partial charge in [-0.05, 0) is 12.1 Å². The Kier molecular flexibility index (Phi) is 6.37. The minimum atomic E-state index is -0.879. The van der Waals surface area contributed by atoms with Crippen LogP contribution in [0.2, 0.25) is 0 Å². The number of hydrogen-bond donors (Lipinski definition) is 2. The van der Waals surface area contributed by atoms with Gasteiger partial charge in [-0.25, -0.2) is 4.79 Å². The molecule has 0 aliphatic rings. The van der Waals surface area contributed by atoms with Crippen molar-refractivity contribution in [1.29, 1.82) is 0 Å². The van der Waals surface area contributed by atoms with Crippen molar-refractivity contribution in [3.63, 3.8) is 0 Å². The Labute approximate surface area is 96.3 Å². The number of nitrogens with zero attached hydrogens (tertiary/aromatic N) is 1. The number of carboxylic acids is 1. The fourth-order valence-corrected chi connectivity index (χ4v) is 0.881. The van der Waals surface area contributed by atoms with E-state index < -0.39 is 5.97 Å². The Morgan fingerprint density at radius 3 is 1.88 bits per heavy atom. The number of rotatable bonds is 3. The van der Waals surface area contributed by atoms with E-state index in [9.17, 15) is 4.79 Å². The van der Waals surface area contributed by atoms with Crippen molar-refractivity contribution < 1.29 is 19.5 Å². The molecule has 90 valence electrons. The van der Waals surface area contributed by atoms with Gasteiger partial charge in [0.25, 0.3) is 0 Å². The highest BCUT2D eigenvalue weighted by atomic mass is 16.4. The summed E-state index contributed by atoms with van der Waals surface area (Å²) in [5, 5.41) is 16.8. The van der Waals surface area contributed by atoms with Crippen molar-refractivity contribution in [2.75, 3.05) is 34.3 Å². The lowest BCUT2D eigenvalue weighted by Crippen LogP contribution is -2.36. The number of likely N-dealkylation sites (N-methyl/N-ethyl adjacent to an activating group) is 1. The second-order valence-electron chi connectivity index (χ2n) is 4.41. The van der Waals surface area contributed by atoms with Gasteiger partial charge in [0.15, 0.2) is 0 Å². The van der Waals surface area contributed by atoms with Crippen LogP contribution in [0, 0.1) is 0 Å². The van der Waals surface area contributed by atoms with Crippen molar-refractivity contribution in [2.24, 2.45) is 0 Å². The zero-order valence-electron chi connectivity index (χ0n) is 10.1. The van der Waals surface area contributed by atoms with Gasteiger partial charge in [-0.15, -0.1) is 0 Å². The molecule has 0 bridgehead atoms. The number of carboxylic acid groups (broad SMARTS) is 1. The third-order valence-corrected chi connectivity index (χ3v) is 1.79. The lowest BCUT2D eigenvalue weighted by atomic mass is 10.2. The first-order chi connectivity index (χ1) is 7.37. The molecule has 0 saturated heterocycles. The quantitative estimate of drug-likeness (QED) is 0.758. The molecule has 16 heavy (non-hydrogen) atoms. The van der Waals surface area contributed by atoms with Crippen molar-refractivity contribution >= 4 is 5.97 Å². The molecule has 0 saturated carbocycles. The van der Waals surface area contributed by atoms with E-state index in [1.54, 1.807) is 30.3 Å². The zero-order valence-corrected chi connectivity index (χ0v) is 10.1. The Morgan fingerprint density at radius 2 is 1.69 bits per heavy atom. The van der Waals surface area contributed by atoms with Gasteiger partial charge in [-0.3, -0.25) is 0 Å². The molecule has 0 aliphatic carbocycles. The topological polar surface area (TPSA) is 57.5 Å². The largest absolute Gasteiger partial charge is 0.478 e. The molecule has 2 N–H and O–H groups in total. The normalized spacial score (nSPS) is 10.2. The van der Waals surface area contributed by atoms with Gasteiger partial charge in [-0.1, -0.05) is 18.2 Å². The summed E-state index contributed by atoms with van der Waals surface area (Å²) in [5.41, 5.74) is 0.331. The summed E-state index contributed by atoms with van der Waals surface area (Å²) in [7, 11) is 6.16. The third-order valence-electron chi connectivity index (χ3n) is 1.79. The maximum atomic E-state index is 10.2. The van der Waals surface area contributed by atoms with E-state index in [1.165, 1.54) is 0 Å². The van der Waals surface area contributed by atoms with E-state index in [0.29, 0.717) is 5.56 Å². The van der Waals surface area contributed by atoms with Crippen LogP contribution >= 0.6 is 0 Å². The molecule has 1 aromatic rings. The average Bonchev–Trinajstić information content (AvgIpc) is 2.18. The molecule has 1 aromatic carbocycles. The molecule has 1 rings (SSSR count). The van der Waals surface area contributed by atoms with Gasteiger partial charge in [-0.2, -0.15) is 0 Å². The van der Waals surface area contributed by atoms with E-state index in [4.69, 9.17) is 10.2 Å². The molecule has 0 aromatic heterocycles. The summed E-state index contributed by atoms with van der Waals surface area (Å²) in [4.78, 5) is 10.2. The summed E-state index contributed by atoms with van der Waals surface area (Å²) in [5.74, 6) is -0.879. The first kappa shape index (κ1) is 14.6. The molecule has 0 amide bonds. The van der Waals surface area contributed by atoms with Gasteiger partial charge in [0.2, 0.25) is 0 Å². The highest BCUT2D eigenvalue weighted by Gasteiger charge is 2.02. The molecule has 0 heterocycles. The van der Waals surface area contributed by atoms with Crippen molar-refractivity contribution in [1.82, 2.24) is 0 Å². The molecule has 0 spiro atoms. The van der Waals surface area contributed by atoms with Gasteiger partial charge in [0.05, 0.1) is 33.3 Å². The second kappa shape index (κ2) is 6.98. The average molecular weight is 226 g/mol. The minimum absolute atomic E-state index is 0.281. The smallest absolute Gasteiger partial charge is 0.335 e. The van der Waals surface area contributed by atoms with Gasteiger partial charge in [0, 0.05) is 0 Å². The molecule has 0 unspecified atom stereocenters. The predicted octanol–water partition coefficient (Wildman–Crippen LogP) is 1.07. The van der Waals surface area contributed by atoms with Crippen LogP contribution in [0.5, 0.6) is 0 Å². The van der Waals surface area contributed by atoms with E-state index in [1.807, 2.05) is 0 Å². The molecule has 4 nitrogen and oxygen atoms in total. The Bertz CT molecular complexity index is 304. The molecular weight excluding hydrogens is 206 g/mol. The summed E-state index contributed by atoms with van der Waals surface area (Å²) in [6.45, 7) is 1.11. The van der Waals surface area contributed by atoms with Crippen LogP contribution in [0.1, 0.15) is 10.4 Å². The Morgan fingerprint density at radius 1 is 1.19 bits per heavy atom. The van der Waals surface area contributed by atoms with Crippen LogP contribution < -0.4 is 0 Å². The van der Waals surface area contributed by atoms with Gasteiger partial charge >= 0.3 is 5.97 Å². The van der Waals surface area contributed by atoms with Gasteiger partial charge in [0.1, 0.15) is 6.54 Å². The highest BCUT2D eigenvalue weighted by Crippen LogP contribution is 1.96. The molecule has 4 heteroatoms. The summed E-state index contributed by atoms with van der Waals surface area (Å²) in [6, 6.07) is 8.30. The number of carbonyl (C=O) groups is 1. The molecule has 0 radical (unpaired) electrons. The second-order valence-corrected chi connectivity index (χ2v) is 4.41. The van der Waals surface area contributed by atoms with Crippen LogP contribution in [-0.4, -0.2) is 55.0 Å². The monoisotopic (exact) mass is 226 g/mol. The maximum Gasteiger partial charge on any atom is 0.335 e. The fraction of sp³-hybridized carbons (Fsp3) is 0.417. The predicted molar refractivity (Wildman–Crippen MR) is 63.4 cm³/mol. The van der Waals surface area contributed by atoms with Gasteiger partial charge < -0.3 is 14.7 Å². The summed E-state index contributed by atoms with van der Waals surface area (Å²) < 4.78 is 0.844. The van der Waals surface area contributed by atoms with E-state index in [0.717, 1.165) is 11.0 Å². The van der Waals surface area contributed by atoms with Crippen molar-refractivity contribution in [2.45, 2.75) is 0 Å². The summed E-state index contributed by atoms with van der Waals surface area (Å²) >= 11 is 0. The standard InChI is InChI=1S/C7H6O2.C5H14NO/c8-7(9)6-4-2-1-3-5-6;1-6(2,3)4-5-7/h1-5H,(H,8,9);7H,4-5H2,1-3H3/q;+1.